The minimum atomic E-state index is 0.00740. The van der Waals surface area contributed by atoms with Crippen LogP contribution in [0.5, 0.6) is 0 Å². The van der Waals surface area contributed by atoms with Crippen LogP contribution in [-0.4, -0.2) is 55.0 Å². The maximum absolute atomic E-state index is 12.6. The van der Waals surface area contributed by atoms with Gasteiger partial charge >= 0.3 is 6.03 Å². The van der Waals surface area contributed by atoms with Crippen LogP contribution < -0.4 is 5.32 Å². The first-order valence-corrected chi connectivity index (χ1v) is 9.35. The molecular weight excluding hydrogens is 334 g/mol. The Kier molecular flexibility index (Phi) is 4.60. The molecular formula is C17H25N7O2. The molecule has 26 heavy (non-hydrogen) atoms. The third-order valence-electron chi connectivity index (χ3n) is 5.23. The molecule has 4 heterocycles. The Morgan fingerprint density at radius 3 is 2.85 bits per heavy atom. The van der Waals surface area contributed by atoms with E-state index in [1.165, 1.54) is 0 Å². The maximum atomic E-state index is 12.6. The predicted octanol–water partition coefficient (Wildman–Crippen LogP) is 1.69. The van der Waals surface area contributed by atoms with Crippen molar-refractivity contribution in [3.05, 3.63) is 23.9 Å². The predicted molar refractivity (Wildman–Crippen MR) is 92.6 cm³/mol. The molecule has 0 bridgehead atoms. The van der Waals surface area contributed by atoms with Crippen LogP contribution in [0.1, 0.15) is 62.5 Å². The van der Waals surface area contributed by atoms with Crippen molar-refractivity contribution in [2.45, 2.75) is 64.0 Å². The van der Waals surface area contributed by atoms with Crippen LogP contribution in [0.3, 0.4) is 0 Å². The zero-order valence-corrected chi connectivity index (χ0v) is 15.3. The van der Waals surface area contributed by atoms with Gasteiger partial charge in [-0.2, -0.15) is 10.1 Å². The highest BCUT2D eigenvalue weighted by atomic mass is 16.5. The third-order valence-corrected chi connectivity index (χ3v) is 5.23. The van der Waals surface area contributed by atoms with Gasteiger partial charge < -0.3 is 14.7 Å². The summed E-state index contributed by atoms with van der Waals surface area (Å²) in [6.07, 6.45) is 5.06. The molecule has 0 saturated carbocycles. The molecule has 1 N–H and O–H groups in total. The summed E-state index contributed by atoms with van der Waals surface area (Å²) in [5, 5.41) is 11.5. The Morgan fingerprint density at radius 2 is 2.12 bits per heavy atom. The summed E-state index contributed by atoms with van der Waals surface area (Å²) in [5.41, 5.74) is 0. The van der Waals surface area contributed by atoms with E-state index in [-0.39, 0.29) is 23.9 Å². The summed E-state index contributed by atoms with van der Waals surface area (Å²) < 4.78 is 7.19. The molecule has 2 aliphatic heterocycles. The average molecular weight is 359 g/mol. The van der Waals surface area contributed by atoms with E-state index < -0.39 is 0 Å². The molecule has 0 aromatic carbocycles. The number of amides is 2. The summed E-state index contributed by atoms with van der Waals surface area (Å²) in [6, 6.07) is 0.119. The lowest BCUT2D eigenvalue weighted by Gasteiger charge is -2.33. The van der Waals surface area contributed by atoms with Gasteiger partial charge in [-0.25, -0.2) is 14.5 Å². The summed E-state index contributed by atoms with van der Waals surface area (Å²) in [4.78, 5) is 23.2. The minimum absolute atomic E-state index is 0.00740. The van der Waals surface area contributed by atoms with Crippen molar-refractivity contribution in [3.8, 4) is 0 Å². The van der Waals surface area contributed by atoms with Gasteiger partial charge in [0, 0.05) is 31.3 Å². The van der Waals surface area contributed by atoms with Crippen molar-refractivity contribution in [3.63, 3.8) is 0 Å². The van der Waals surface area contributed by atoms with Crippen LogP contribution in [0.25, 0.3) is 0 Å². The zero-order chi connectivity index (χ0) is 18.1. The molecule has 9 nitrogen and oxygen atoms in total. The van der Waals surface area contributed by atoms with E-state index in [1.54, 1.807) is 6.33 Å². The van der Waals surface area contributed by atoms with Crippen molar-refractivity contribution < 1.29 is 9.32 Å². The number of nitrogens with zero attached hydrogens (tertiary/aromatic N) is 6. The second kappa shape index (κ2) is 7.05. The minimum Gasteiger partial charge on any atom is -0.339 e. The highest BCUT2D eigenvalue weighted by molar-refractivity contribution is 5.74. The number of carbonyl (C=O) groups excluding carboxylic acids is 1. The Labute approximate surface area is 152 Å². The van der Waals surface area contributed by atoms with E-state index in [9.17, 15) is 4.79 Å². The largest absolute Gasteiger partial charge is 0.339 e. The van der Waals surface area contributed by atoms with Crippen LogP contribution in [-0.2, 0) is 13.0 Å². The van der Waals surface area contributed by atoms with Crippen molar-refractivity contribution in [1.82, 2.24) is 35.1 Å². The normalized spacial score (nSPS) is 21.0. The number of likely N-dealkylation sites (tertiary alicyclic amines) is 1. The number of fused-ring (bicyclic) bond motifs is 1. The molecule has 1 unspecified atom stereocenters. The van der Waals surface area contributed by atoms with Crippen molar-refractivity contribution in [2.24, 2.45) is 0 Å². The molecule has 4 rings (SSSR count). The number of aryl methyl sites for hydroxylation is 1. The fourth-order valence-corrected chi connectivity index (χ4v) is 3.61. The van der Waals surface area contributed by atoms with Gasteiger partial charge in [-0.3, -0.25) is 0 Å². The first-order chi connectivity index (χ1) is 12.6. The molecule has 0 spiro atoms. The van der Waals surface area contributed by atoms with Crippen molar-refractivity contribution in [2.75, 3.05) is 13.1 Å². The highest BCUT2D eigenvalue weighted by Crippen LogP contribution is 2.27. The zero-order valence-electron chi connectivity index (χ0n) is 15.3. The SMILES string of the molecule is CC(C)c1nc(C2CCN(C(=O)NC3CCc4ncnn4C3)CC2)no1. The molecule has 0 aliphatic carbocycles. The van der Waals surface area contributed by atoms with Gasteiger partial charge in [0.05, 0.1) is 12.6 Å². The van der Waals surface area contributed by atoms with Crippen LogP contribution in [0.4, 0.5) is 4.79 Å². The molecule has 140 valence electrons. The van der Waals surface area contributed by atoms with Crippen LogP contribution in [0.15, 0.2) is 10.9 Å². The van der Waals surface area contributed by atoms with Gasteiger partial charge in [0.2, 0.25) is 5.89 Å². The highest BCUT2D eigenvalue weighted by Gasteiger charge is 2.29. The lowest BCUT2D eigenvalue weighted by Crippen LogP contribution is -2.50. The first kappa shape index (κ1) is 17.0. The molecule has 9 heteroatoms. The molecule has 2 aliphatic rings. The van der Waals surface area contributed by atoms with Crippen molar-refractivity contribution in [1.29, 1.82) is 0 Å². The number of piperidine rings is 1. The topological polar surface area (TPSA) is 102 Å². The van der Waals surface area contributed by atoms with E-state index >= 15 is 0 Å². The number of hydrogen-bond acceptors (Lipinski definition) is 6. The van der Waals surface area contributed by atoms with Gasteiger partial charge in [-0.05, 0) is 19.3 Å². The number of carbonyl (C=O) groups is 1. The smallest absolute Gasteiger partial charge is 0.317 e. The molecule has 1 saturated heterocycles. The van der Waals surface area contributed by atoms with E-state index in [0.29, 0.717) is 25.5 Å². The summed E-state index contributed by atoms with van der Waals surface area (Å²) in [6.45, 7) is 6.20. The monoisotopic (exact) mass is 359 g/mol. The summed E-state index contributed by atoms with van der Waals surface area (Å²) in [7, 11) is 0. The Balaban J connectivity index is 1.28. The van der Waals surface area contributed by atoms with Gasteiger partial charge in [-0.1, -0.05) is 19.0 Å². The molecule has 2 aromatic heterocycles. The van der Waals surface area contributed by atoms with Crippen LogP contribution >= 0.6 is 0 Å². The molecule has 1 fully saturated rings. The van der Waals surface area contributed by atoms with Crippen LogP contribution in [0.2, 0.25) is 0 Å². The molecule has 0 radical (unpaired) electrons. The number of nitrogens with one attached hydrogen (secondary N) is 1. The Bertz CT molecular complexity index is 761. The number of hydrogen-bond donors (Lipinski definition) is 1. The quantitative estimate of drug-likeness (QED) is 0.895. The lowest BCUT2D eigenvalue weighted by molar-refractivity contribution is 0.172. The summed E-state index contributed by atoms with van der Waals surface area (Å²) in [5.74, 6) is 2.97. The Morgan fingerprint density at radius 1 is 1.31 bits per heavy atom. The second-order valence-electron chi connectivity index (χ2n) is 7.45. The number of aromatic nitrogens is 5. The fourth-order valence-electron chi connectivity index (χ4n) is 3.61. The number of urea groups is 1. The lowest BCUT2D eigenvalue weighted by atomic mass is 9.96. The van der Waals surface area contributed by atoms with Gasteiger partial charge in [0.15, 0.2) is 5.82 Å². The van der Waals surface area contributed by atoms with Gasteiger partial charge in [0.1, 0.15) is 12.2 Å². The molecule has 2 aromatic rings. The first-order valence-electron chi connectivity index (χ1n) is 9.35. The average Bonchev–Trinajstić information content (AvgIpc) is 3.31. The Hall–Kier alpha value is -2.45. The molecule has 2 amide bonds. The maximum Gasteiger partial charge on any atom is 0.317 e. The standard InChI is InChI=1S/C17H25N7O2/c1-11(2)16-21-15(22-26-16)12-5-7-23(8-6-12)17(25)20-13-3-4-14-18-10-19-24(14)9-13/h10-13H,3-9H2,1-2H3,(H,20,25). The van der Waals surface area contributed by atoms with Crippen LogP contribution in [0, 0.1) is 0 Å². The fraction of sp³-hybridized carbons (Fsp3) is 0.706. The summed E-state index contributed by atoms with van der Waals surface area (Å²) >= 11 is 0. The van der Waals surface area contributed by atoms with Crippen molar-refractivity contribution >= 4 is 6.03 Å². The van der Waals surface area contributed by atoms with E-state index in [2.05, 4.69) is 25.5 Å². The molecule has 1 atom stereocenters. The van der Waals surface area contributed by atoms with E-state index in [4.69, 9.17) is 4.52 Å². The van der Waals surface area contributed by atoms with E-state index in [0.717, 1.165) is 37.3 Å². The van der Waals surface area contributed by atoms with Gasteiger partial charge in [-0.15, -0.1) is 0 Å². The third kappa shape index (κ3) is 3.42. The van der Waals surface area contributed by atoms with Gasteiger partial charge in [0.25, 0.3) is 0 Å². The number of rotatable bonds is 3. The second-order valence-corrected chi connectivity index (χ2v) is 7.45. The van der Waals surface area contributed by atoms with E-state index in [1.807, 2.05) is 23.4 Å².